The molecule has 0 saturated carbocycles. The number of carbonyl (C=O) groups is 2. The number of para-hydroxylation sites is 1. The summed E-state index contributed by atoms with van der Waals surface area (Å²) in [5, 5.41) is 12.5. The molecule has 232 valence electrons. The van der Waals surface area contributed by atoms with Gasteiger partial charge in [0.2, 0.25) is 0 Å². The topological polar surface area (TPSA) is 106 Å². The molecule has 1 aliphatic rings. The van der Waals surface area contributed by atoms with Crippen molar-refractivity contribution in [3.8, 4) is 5.69 Å². The zero-order valence-corrected chi connectivity index (χ0v) is 27.1. The molecule has 5 aromatic rings. The molecule has 0 bridgehead atoms. The van der Waals surface area contributed by atoms with E-state index in [2.05, 4.69) is 19.2 Å². The summed E-state index contributed by atoms with van der Waals surface area (Å²) in [7, 11) is 0. The van der Waals surface area contributed by atoms with E-state index in [1.54, 1.807) is 22.8 Å². The Morgan fingerprint density at radius 3 is 2.35 bits per heavy atom. The number of hydrogen-bond donors (Lipinski definition) is 2. The fourth-order valence-electron chi connectivity index (χ4n) is 5.96. The first-order chi connectivity index (χ1) is 22.0. The second kappa shape index (κ2) is 12.3. The molecule has 0 radical (unpaired) electrons. The summed E-state index contributed by atoms with van der Waals surface area (Å²) in [5.41, 5.74) is 6.89. The Labute approximate surface area is 270 Å². The number of carboxylic acids is 1. The summed E-state index contributed by atoms with van der Waals surface area (Å²) in [6.45, 7) is 9.95. The number of fused-ring (bicyclic) bond motifs is 1. The number of carboxylic acid groups (broad SMARTS) is 1. The van der Waals surface area contributed by atoms with Crippen molar-refractivity contribution in [3.05, 3.63) is 150 Å². The minimum absolute atomic E-state index is 0.198. The average Bonchev–Trinajstić information content (AvgIpc) is 3.49. The van der Waals surface area contributed by atoms with E-state index in [0.717, 1.165) is 33.8 Å². The Balaban J connectivity index is 1.48. The van der Waals surface area contributed by atoms with Gasteiger partial charge in [-0.3, -0.25) is 14.2 Å². The minimum Gasteiger partial charge on any atom is -0.478 e. The zero-order chi connectivity index (χ0) is 32.7. The van der Waals surface area contributed by atoms with Gasteiger partial charge in [0.05, 0.1) is 27.4 Å². The lowest BCUT2D eigenvalue weighted by atomic mass is 9.93. The number of thiazole rings is 1. The van der Waals surface area contributed by atoms with E-state index in [1.165, 1.54) is 11.3 Å². The van der Waals surface area contributed by atoms with E-state index < -0.39 is 12.0 Å². The molecule has 2 aromatic heterocycles. The Hall–Kier alpha value is -5.28. The molecule has 0 spiro atoms. The van der Waals surface area contributed by atoms with Crippen LogP contribution in [0.25, 0.3) is 11.8 Å². The molecule has 8 nitrogen and oxygen atoms in total. The van der Waals surface area contributed by atoms with E-state index in [1.807, 2.05) is 98.1 Å². The number of aromatic carboxylic acids is 1. The number of hydrogen-bond acceptors (Lipinski definition) is 5. The quantitative estimate of drug-likeness (QED) is 0.227. The highest BCUT2D eigenvalue weighted by Crippen LogP contribution is 2.32. The maximum atomic E-state index is 14.3. The molecule has 6 rings (SSSR count). The van der Waals surface area contributed by atoms with Crippen LogP contribution in [0.5, 0.6) is 0 Å². The Morgan fingerprint density at radius 1 is 0.957 bits per heavy atom. The smallest absolute Gasteiger partial charge is 0.335 e. The summed E-state index contributed by atoms with van der Waals surface area (Å²) in [6.07, 6.45) is 1.85. The van der Waals surface area contributed by atoms with Crippen LogP contribution >= 0.6 is 11.3 Å². The first-order valence-electron chi connectivity index (χ1n) is 15.0. The lowest BCUT2D eigenvalue weighted by molar-refractivity contribution is -0.113. The van der Waals surface area contributed by atoms with Crippen molar-refractivity contribution < 1.29 is 14.7 Å². The van der Waals surface area contributed by atoms with Crippen LogP contribution in [0.2, 0.25) is 0 Å². The average molecular weight is 631 g/mol. The van der Waals surface area contributed by atoms with Gasteiger partial charge >= 0.3 is 5.97 Å². The van der Waals surface area contributed by atoms with Crippen LogP contribution in [0.4, 0.5) is 5.69 Å². The number of nitrogens with one attached hydrogen (secondary N) is 1. The molecule has 0 unspecified atom stereocenters. The third kappa shape index (κ3) is 5.65. The Bertz CT molecular complexity index is 2200. The number of aryl methyl sites for hydroxylation is 1. The highest BCUT2D eigenvalue weighted by molar-refractivity contribution is 7.07. The molecule has 1 atom stereocenters. The molecule has 3 heterocycles. The first-order valence-corrected chi connectivity index (χ1v) is 15.9. The number of aromatic nitrogens is 2. The van der Waals surface area contributed by atoms with E-state index in [0.29, 0.717) is 32.2 Å². The number of amides is 1. The maximum Gasteiger partial charge on any atom is 0.335 e. The van der Waals surface area contributed by atoms with E-state index in [-0.39, 0.29) is 17.0 Å². The largest absolute Gasteiger partial charge is 0.478 e. The molecule has 0 fully saturated rings. The third-order valence-corrected chi connectivity index (χ3v) is 9.31. The van der Waals surface area contributed by atoms with Crippen molar-refractivity contribution >= 4 is 35.0 Å². The van der Waals surface area contributed by atoms with Crippen LogP contribution in [-0.4, -0.2) is 26.1 Å². The van der Waals surface area contributed by atoms with Gasteiger partial charge in [0, 0.05) is 22.8 Å². The van der Waals surface area contributed by atoms with Gasteiger partial charge in [-0.25, -0.2) is 9.79 Å². The minimum atomic E-state index is -0.994. The number of rotatable bonds is 7. The first kappa shape index (κ1) is 30.7. The summed E-state index contributed by atoms with van der Waals surface area (Å²) in [5.74, 6) is -0.974. The second-order valence-corrected chi connectivity index (χ2v) is 12.7. The van der Waals surface area contributed by atoms with Gasteiger partial charge in [-0.1, -0.05) is 73.7 Å². The molecule has 46 heavy (non-hydrogen) atoms. The van der Waals surface area contributed by atoms with Crippen LogP contribution < -0.4 is 20.2 Å². The fraction of sp³-hybridized carbons (Fsp3) is 0.189. The van der Waals surface area contributed by atoms with E-state index >= 15 is 0 Å². The molecular formula is C37H34N4O4S. The van der Waals surface area contributed by atoms with E-state index in [9.17, 15) is 19.5 Å². The number of nitrogens with zero attached hydrogens (tertiary/aromatic N) is 3. The lowest BCUT2D eigenvalue weighted by Gasteiger charge is -2.25. The highest BCUT2D eigenvalue weighted by atomic mass is 32.1. The SMILES string of the molecule is CC1=C(C(=O)Nc2ccccc2)[C@@H](c2ccc(C(C)C)cc2)n2c(s/c(=C\c3cc(C)n(-c4cccc(C(=O)O)c4)c3C)c2=O)=N1. The van der Waals surface area contributed by atoms with Gasteiger partial charge in [-0.15, -0.1) is 0 Å². The maximum absolute atomic E-state index is 14.3. The molecular weight excluding hydrogens is 596 g/mol. The predicted octanol–water partition coefficient (Wildman–Crippen LogP) is 6.10. The van der Waals surface area contributed by atoms with Gasteiger partial charge in [0.1, 0.15) is 0 Å². The van der Waals surface area contributed by atoms with Crippen molar-refractivity contribution in [2.24, 2.45) is 4.99 Å². The van der Waals surface area contributed by atoms with Gasteiger partial charge in [-0.05, 0) is 85.9 Å². The molecule has 1 amide bonds. The van der Waals surface area contributed by atoms with Crippen LogP contribution in [0.15, 0.2) is 106 Å². The number of anilines is 1. The number of carbonyl (C=O) groups excluding carboxylic acids is 1. The van der Waals surface area contributed by atoms with Crippen molar-refractivity contribution in [3.63, 3.8) is 0 Å². The van der Waals surface area contributed by atoms with E-state index in [4.69, 9.17) is 4.99 Å². The van der Waals surface area contributed by atoms with Crippen LogP contribution in [0.1, 0.15) is 71.2 Å². The normalized spacial score (nSPS) is 14.7. The van der Waals surface area contributed by atoms with Crippen LogP contribution in [-0.2, 0) is 4.79 Å². The second-order valence-electron chi connectivity index (χ2n) is 11.7. The summed E-state index contributed by atoms with van der Waals surface area (Å²) >= 11 is 1.29. The standard InChI is InChI=1S/C37H34N4O4S/c1-21(2)25-14-16-26(17-15-25)33-32(34(42)39-29-11-7-6-8-12-29)23(4)38-37-41(33)35(43)31(46-37)20-28-18-22(3)40(24(28)5)30-13-9-10-27(19-30)36(44)45/h6-21,33H,1-5H3,(H,39,42)(H,44,45)/b31-20-/t33-/m1/s1. The van der Waals surface area contributed by atoms with Crippen molar-refractivity contribution in [2.75, 3.05) is 5.32 Å². The molecule has 9 heteroatoms. The summed E-state index contributed by atoms with van der Waals surface area (Å²) in [4.78, 5) is 45.0. The third-order valence-electron chi connectivity index (χ3n) is 8.33. The molecule has 3 aromatic carbocycles. The molecule has 0 saturated heterocycles. The van der Waals surface area contributed by atoms with Gasteiger partial charge in [0.25, 0.3) is 11.5 Å². The van der Waals surface area contributed by atoms with Crippen molar-refractivity contribution in [1.82, 2.24) is 9.13 Å². The highest BCUT2D eigenvalue weighted by Gasteiger charge is 2.32. The summed E-state index contributed by atoms with van der Waals surface area (Å²) in [6, 6.07) is 25.4. The fourth-order valence-corrected chi connectivity index (χ4v) is 7.00. The Kier molecular flexibility index (Phi) is 8.19. The van der Waals surface area contributed by atoms with Gasteiger partial charge in [-0.2, -0.15) is 0 Å². The number of benzene rings is 3. The monoisotopic (exact) mass is 630 g/mol. The predicted molar refractivity (Wildman–Crippen MR) is 182 cm³/mol. The molecule has 1 aliphatic heterocycles. The Morgan fingerprint density at radius 2 is 1.67 bits per heavy atom. The van der Waals surface area contributed by atoms with Crippen LogP contribution in [0, 0.1) is 13.8 Å². The summed E-state index contributed by atoms with van der Waals surface area (Å²) < 4.78 is 4.09. The van der Waals surface area contributed by atoms with Gasteiger partial charge in [0.15, 0.2) is 4.80 Å². The van der Waals surface area contributed by atoms with Gasteiger partial charge < -0.3 is 15.0 Å². The molecule has 0 aliphatic carbocycles. The zero-order valence-electron chi connectivity index (χ0n) is 26.2. The molecule has 2 N–H and O–H groups in total. The van der Waals surface area contributed by atoms with Crippen LogP contribution in [0.3, 0.4) is 0 Å². The number of allylic oxidation sites excluding steroid dienone is 1. The lowest BCUT2D eigenvalue weighted by Crippen LogP contribution is -2.40. The van der Waals surface area contributed by atoms with Crippen molar-refractivity contribution in [2.45, 2.75) is 46.6 Å². The van der Waals surface area contributed by atoms with Crippen molar-refractivity contribution in [1.29, 1.82) is 0 Å².